The Hall–Kier alpha value is -3.83. The summed E-state index contributed by atoms with van der Waals surface area (Å²) in [6.07, 6.45) is 5.22. The molecule has 1 N–H and O–H groups in total. The Kier molecular flexibility index (Phi) is 7.01. The average Bonchev–Trinajstić information content (AvgIpc) is 3.58. The highest BCUT2D eigenvalue weighted by molar-refractivity contribution is 6.14. The molecule has 0 aliphatic carbocycles. The number of piperazine rings is 1. The lowest BCUT2D eigenvalue weighted by Gasteiger charge is -2.36. The van der Waals surface area contributed by atoms with Gasteiger partial charge in [0.15, 0.2) is 5.82 Å². The summed E-state index contributed by atoms with van der Waals surface area (Å²) in [6, 6.07) is 6.93. The van der Waals surface area contributed by atoms with Crippen molar-refractivity contribution in [1.82, 2.24) is 24.6 Å². The standard InChI is InChI=1S/C28H32FN7O3/c1-3-7-35-8-10-36(11-9-35)24-5-4-21(26-22(24)15-30-28(32-26)39-20-6-12-38-17-20)27(37)31-19-13-18-16-34(2)33-25(18)23(29)14-19/h4-5,13-16,20H,3,6-12,17H2,1-2H3,(H,31,37). The molecule has 39 heavy (non-hydrogen) atoms. The van der Waals surface area contributed by atoms with Gasteiger partial charge < -0.3 is 19.7 Å². The maximum Gasteiger partial charge on any atom is 0.317 e. The van der Waals surface area contributed by atoms with Crippen LogP contribution in [0.3, 0.4) is 0 Å². The Labute approximate surface area is 225 Å². The van der Waals surface area contributed by atoms with Gasteiger partial charge in [-0.3, -0.25) is 14.4 Å². The molecular formula is C28H32FN7O3. The number of carbonyl (C=O) groups excluding carboxylic acids is 1. The van der Waals surface area contributed by atoms with Gasteiger partial charge in [0.1, 0.15) is 11.6 Å². The SMILES string of the molecule is CCCN1CCN(c2ccc(C(=O)Nc3cc(F)c4nn(C)cc4c3)c3nc(OC4CCOC4)ncc23)CC1. The van der Waals surface area contributed by atoms with Crippen LogP contribution in [0.1, 0.15) is 30.1 Å². The molecule has 2 fully saturated rings. The minimum atomic E-state index is -0.498. The first kappa shape index (κ1) is 25.4. The molecule has 2 aliphatic rings. The van der Waals surface area contributed by atoms with Gasteiger partial charge in [-0.15, -0.1) is 0 Å². The predicted molar refractivity (Wildman–Crippen MR) is 147 cm³/mol. The van der Waals surface area contributed by atoms with Gasteiger partial charge in [0.2, 0.25) is 0 Å². The highest BCUT2D eigenvalue weighted by Crippen LogP contribution is 2.31. The third-order valence-corrected chi connectivity index (χ3v) is 7.30. The van der Waals surface area contributed by atoms with Gasteiger partial charge in [-0.2, -0.15) is 10.1 Å². The van der Waals surface area contributed by atoms with Crippen molar-refractivity contribution in [3.8, 4) is 6.01 Å². The van der Waals surface area contributed by atoms with E-state index in [1.807, 2.05) is 6.07 Å². The van der Waals surface area contributed by atoms with Gasteiger partial charge >= 0.3 is 6.01 Å². The van der Waals surface area contributed by atoms with E-state index < -0.39 is 11.7 Å². The average molecular weight is 534 g/mol. The number of aryl methyl sites for hydroxylation is 1. The number of rotatable bonds is 7. The highest BCUT2D eigenvalue weighted by Gasteiger charge is 2.24. The van der Waals surface area contributed by atoms with E-state index >= 15 is 0 Å². The fourth-order valence-electron chi connectivity index (χ4n) is 5.37. The summed E-state index contributed by atoms with van der Waals surface area (Å²) in [4.78, 5) is 27.5. The summed E-state index contributed by atoms with van der Waals surface area (Å²) in [5.41, 5.74) is 2.44. The van der Waals surface area contributed by atoms with Crippen molar-refractivity contribution in [2.24, 2.45) is 7.05 Å². The molecule has 10 nitrogen and oxygen atoms in total. The smallest absolute Gasteiger partial charge is 0.317 e. The molecule has 2 aliphatic heterocycles. The number of hydrogen-bond acceptors (Lipinski definition) is 8. The van der Waals surface area contributed by atoms with Crippen LogP contribution in [0.15, 0.2) is 36.7 Å². The van der Waals surface area contributed by atoms with Crippen molar-refractivity contribution in [2.45, 2.75) is 25.9 Å². The van der Waals surface area contributed by atoms with Crippen LogP contribution in [0.4, 0.5) is 15.8 Å². The van der Waals surface area contributed by atoms with Crippen molar-refractivity contribution < 1.29 is 18.7 Å². The van der Waals surface area contributed by atoms with Crippen LogP contribution < -0.4 is 15.0 Å². The molecule has 0 saturated carbocycles. The van der Waals surface area contributed by atoms with Crippen LogP contribution in [-0.2, 0) is 11.8 Å². The molecule has 2 saturated heterocycles. The summed E-state index contributed by atoms with van der Waals surface area (Å²) in [6.45, 7) is 8.12. The van der Waals surface area contributed by atoms with Crippen LogP contribution in [0.25, 0.3) is 21.8 Å². The lowest BCUT2D eigenvalue weighted by molar-refractivity contribution is 0.102. The number of anilines is 2. The van der Waals surface area contributed by atoms with Gasteiger partial charge in [-0.1, -0.05) is 6.92 Å². The molecule has 11 heteroatoms. The molecule has 1 amide bonds. The van der Waals surface area contributed by atoms with Crippen LogP contribution in [0.2, 0.25) is 0 Å². The molecule has 2 aromatic carbocycles. The van der Waals surface area contributed by atoms with Crippen molar-refractivity contribution in [3.63, 3.8) is 0 Å². The van der Waals surface area contributed by atoms with Crippen molar-refractivity contribution in [3.05, 3.63) is 48.0 Å². The first-order valence-corrected chi connectivity index (χ1v) is 13.4. The molecule has 0 spiro atoms. The van der Waals surface area contributed by atoms with E-state index in [0.29, 0.717) is 35.4 Å². The monoisotopic (exact) mass is 533 g/mol. The third-order valence-electron chi connectivity index (χ3n) is 7.30. The second-order valence-electron chi connectivity index (χ2n) is 10.1. The summed E-state index contributed by atoms with van der Waals surface area (Å²) >= 11 is 0. The number of fused-ring (bicyclic) bond motifs is 2. The normalized spacial score (nSPS) is 18.2. The van der Waals surface area contributed by atoms with E-state index in [0.717, 1.165) is 56.6 Å². The zero-order valence-electron chi connectivity index (χ0n) is 22.2. The van der Waals surface area contributed by atoms with Gasteiger partial charge in [0, 0.05) is 74.2 Å². The topological polar surface area (TPSA) is 97.6 Å². The van der Waals surface area contributed by atoms with E-state index in [-0.39, 0.29) is 17.6 Å². The van der Waals surface area contributed by atoms with E-state index in [2.05, 4.69) is 32.1 Å². The third kappa shape index (κ3) is 5.24. The number of nitrogens with one attached hydrogen (secondary N) is 1. The number of benzene rings is 2. The molecule has 4 heterocycles. The van der Waals surface area contributed by atoms with Crippen molar-refractivity contribution in [2.75, 3.05) is 56.2 Å². The quantitative estimate of drug-likeness (QED) is 0.385. The molecule has 4 aromatic rings. The number of hydrogen-bond donors (Lipinski definition) is 1. The molecule has 0 bridgehead atoms. The molecular weight excluding hydrogens is 501 g/mol. The molecule has 204 valence electrons. The lowest BCUT2D eigenvalue weighted by atomic mass is 10.1. The Balaban J connectivity index is 1.34. The highest BCUT2D eigenvalue weighted by atomic mass is 19.1. The van der Waals surface area contributed by atoms with Crippen LogP contribution >= 0.6 is 0 Å². The number of nitrogens with zero attached hydrogens (tertiary/aromatic N) is 6. The Morgan fingerprint density at radius 2 is 2.05 bits per heavy atom. The van der Waals surface area contributed by atoms with Crippen molar-refractivity contribution in [1.29, 1.82) is 0 Å². The maximum atomic E-state index is 14.7. The van der Waals surface area contributed by atoms with Gasteiger partial charge in [-0.05, 0) is 37.2 Å². The predicted octanol–water partition coefficient (Wildman–Crippen LogP) is 3.61. The van der Waals surface area contributed by atoms with E-state index in [1.165, 1.54) is 6.07 Å². The van der Waals surface area contributed by atoms with Gasteiger partial charge in [-0.25, -0.2) is 9.37 Å². The summed E-state index contributed by atoms with van der Waals surface area (Å²) in [5, 5.41) is 8.36. The number of aromatic nitrogens is 4. The Morgan fingerprint density at radius 3 is 2.82 bits per heavy atom. The van der Waals surface area contributed by atoms with Gasteiger partial charge in [0.25, 0.3) is 5.91 Å². The first-order valence-electron chi connectivity index (χ1n) is 13.4. The minimum absolute atomic E-state index is 0.122. The zero-order chi connectivity index (χ0) is 26.9. The summed E-state index contributed by atoms with van der Waals surface area (Å²) in [7, 11) is 1.73. The number of amides is 1. The van der Waals surface area contributed by atoms with Crippen LogP contribution in [0, 0.1) is 5.82 Å². The van der Waals surface area contributed by atoms with Crippen LogP contribution in [-0.4, -0.2) is 82.6 Å². The zero-order valence-corrected chi connectivity index (χ0v) is 22.2. The molecule has 6 rings (SSSR count). The van der Waals surface area contributed by atoms with E-state index in [1.54, 1.807) is 36.3 Å². The Bertz CT molecular complexity index is 1510. The van der Waals surface area contributed by atoms with Gasteiger partial charge in [0.05, 0.1) is 24.3 Å². The fourth-order valence-corrected chi connectivity index (χ4v) is 5.37. The molecule has 0 radical (unpaired) electrons. The lowest BCUT2D eigenvalue weighted by Crippen LogP contribution is -2.46. The number of carbonyl (C=O) groups is 1. The van der Waals surface area contributed by atoms with Crippen molar-refractivity contribution >= 4 is 39.1 Å². The second kappa shape index (κ2) is 10.7. The minimum Gasteiger partial charge on any atom is -0.458 e. The first-order chi connectivity index (χ1) is 19.0. The fraction of sp³-hybridized carbons (Fsp3) is 0.429. The molecule has 1 unspecified atom stereocenters. The number of ether oxygens (including phenoxy) is 2. The summed E-state index contributed by atoms with van der Waals surface area (Å²) < 4.78 is 27.6. The maximum absolute atomic E-state index is 14.7. The molecule has 1 atom stereocenters. The molecule has 2 aromatic heterocycles. The largest absolute Gasteiger partial charge is 0.458 e. The summed E-state index contributed by atoms with van der Waals surface area (Å²) in [5.74, 6) is -0.890. The van der Waals surface area contributed by atoms with E-state index in [9.17, 15) is 9.18 Å². The van der Waals surface area contributed by atoms with E-state index in [4.69, 9.17) is 14.5 Å². The second-order valence-corrected chi connectivity index (χ2v) is 10.1. The Morgan fingerprint density at radius 1 is 1.21 bits per heavy atom. The van der Waals surface area contributed by atoms with Crippen LogP contribution in [0.5, 0.6) is 6.01 Å². The number of halogens is 1.